The SMILES string of the molecule is CCN(CC)CCNC(=O)c1ccc(-c2cc(-c3ccc(O)c(C)c3)nc(=O)[nH]2)cc1. The van der Waals surface area contributed by atoms with E-state index in [1.54, 1.807) is 55.5 Å². The number of hydrogen-bond donors (Lipinski definition) is 3. The predicted octanol–water partition coefficient (Wildman–Crippen LogP) is 3.19. The van der Waals surface area contributed by atoms with Crippen LogP contribution in [-0.2, 0) is 0 Å². The van der Waals surface area contributed by atoms with E-state index in [2.05, 4.69) is 34.0 Å². The molecule has 3 N–H and O–H groups in total. The fraction of sp³-hybridized carbons (Fsp3) is 0.292. The molecule has 7 nitrogen and oxygen atoms in total. The summed E-state index contributed by atoms with van der Waals surface area (Å²) in [4.78, 5) is 33.5. The predicted molar refractivity (Wildman–Crippen MR) is 122 cm³/mol. The minimum atomic E-state index is -0.462. The van der Waals surface area contributed by atoms with E-state index in [-0.39, 0.29) is 11.7 Å². The van der Waals surface area contributed by atoms with E-state index in [4.69, 9.17) is 0 Å². The summed E-state index contributed by atoms with van der Waals surface area (Å²) in [5.74, 6) is 0.0713. The Balaban J connectivity index is 1.76. The maximum absolute atomic E-state index is 12.4. The van der Waals surface area contributed by atoms with Crippen molar-refractivity contribution in [3.05, 3.63) is 70.1 Å². The van der Waals surface area contributed by atoms with Crippen LogP contribution >= 0.6 is 0 Å². The molecule has 0 aliphatic heterocycles. The number of rotatable bonds is 8. The maximum Gasteiger partial charge on any atom is 0.345 e. The first-order chi connectivity index (χ1) is 14.9. The Morgan fingerprint density at radius 3 is 2.39 bits per heavy atom. The summed E-state index contributed by atoms with van der Waals surface area (Å²) in [6, 6.07) is 14.0. The fourth-order valence-corrected chi connectivity index (χ4v) is 3.35. The van der Waals surface area contributed by atoms with Crippen LogP contribution in [0.3, 0.4) is 0 Å². The number of carbonyl (C=O) groups is 1. The Labute approximate surface area is 181 Å². The van der Waals surface area contributed by atoms with Gasteiger partial charge in [-0.05, 0) is 67.5 Å². The molecule has 0 aliphatic carbocycles. The lowest BCUT2D eigenvalue weighted by molar-refractivity contribution is 0.0949. The highest BCUT2D eigenvalue weighted by Gasteiger charge is 2.10. The highest BCUT2D eigenvalue weighted by atomic mass is 16.3. The van der Waals surface area contributed by atoms with Crippen LogP contribution in [0.25, 0.3) is 22.5 Å². The maximum atomic E-state index is 12.4. The number of nitrogens with one attached hydrogen (secondary N) is 2. The number of aromatic nitrogens is 2. The van der Waals surface area contributed by atoms with Crippen molar-refractivity contribution < 1.29 is 9.90 Å². The number of carbonyl (C=O) groups excluding carboxylic acids is 1. The molecule has 1 aromatic heterocycles. The third-order valence-corrected chi connectivity index (χ3v) is 5.30. The molecule has 0 bridgehead atoms. The van der Waals surface area contributed by atoms with Crippen molar-refractivity contribution in [1.29, 1.82) is 0 Å². The van der Waals surface area contributed by atoms with Gasteiger partial charge in [0.1, 0.15) is 5.75 Å². The lowest BCUT2D eigenvalue weighted by atomic mass is 10.0. The van der Waals surface area contributed by atoms with Crippen molar-refractivity contribution in [2.24, 2.45) is 0 Å². The summed E-state index contributed by atoms with van der Waals surface area (Å²) in [5, 5.41) is 12.7. The average Bonchev–Trinajstić information content (AvgIpc) is 2.78. The molecular formula is C24H28N4O3. The quantitative estimate of drug-likeness (QED) is 0.520. The van der Waals surface area contributed by atoms with Gasteiger partial charge in [-0.2, -0.15) is 4.98 Å². The normalized spacial score (nSPS) is 11.0. The van der Waals surface area contributed by atoms with Crippen LogP contribution in [0, 0.1) is 6.92 Å². The summed E-state index contributed by atoms with van der Waals surface area (Å²) in [6.07, 6.45) is 0. The number of H-pyrrole nitrogens is 1. The van der Waals surface area contributed by atoms with E-state index in [0.29, 0.717) is 29.1 Å². The number of aromatic hydroxyl groups is 1. The molecule has 31 heavy (non-hydrogen) atoms. The van der Waals surface area contributed by atoms with Crippen LogP contribution in [0.15, 0.2) is 53.3 Å². The summed E-state index contributed by atoms with van der Waals surface area (Å²) < 4.78 is 0. The first kappa shape index (κ1) is 22.2. The molecule has 3 aromatic rings. The standard InChI is InChI=1S/C24H28N4O3/c1-4-28(5-2)13-12-25-23(30)18-8-6-17(7-9-18)20-15-21(27-24(31)26-20)19-10-11-22(29)16(3)14-19/h6-11,14-15,29H,4-5,12-13H2,1-3H3,(H,25,30)(H,26,27,31). The number of benzene rings is 2. The lowest BCUT2D eigenvalue weighted by Crippen LogP contribution is -2.34. The van der Waals surface area contributed by atoms with Crippen LogP contribution in [0.4, 0.5) is 0 Å². The van der Waals surface area contributed by atoms with E-state index in [1.807, 2.05) is 0 Å². The van der Waals surface area contributed by atoms with E-state index in [1.165, 1.54) is 0 Å². The van der Waals surface area contributed by atoms with E-state index in [9.17, 15) is 14.7 Å². The Hall–Kier alpha value is -3.45. The number of amides is 1. The van der Waals surface area contributed by atoms with Crippen LogP contribution in [0.1, 0.15) is 29.8 Å². The minimum absolute atomic E-state index is 0.123. The van der Waals surface area contributed by atoms with Gasteiger partial charge in [0.25, 0.3) is 5.91 Å². The molecule has 0 atom stereocenters. The van der Waals surface area contributed by atoms with Crippen molar-refractivity contribution in [2.45, 2.75) is 20.8 Å². The van der Waals surface area contributed by atoms with Crippen LogP contribution in [0.5, 0.6) is 5.75 Å². The van der Waals surface area contributed by atoms with Gasteiger partial charge in [-0.15, -0.1) is 0 Å². The average molecular weight is 421 g/mol. The van der Waals surface area contributed by atoms with E-state index < -0.39 is 5.69 Å². The van der Waals surface area contributed by atoms with Gasteiger partial charge in [-0.25, -0.2) is 4.79 Å². The molecule has 2 aromatic carbocycles. The Morgan fingerprint density at radius 1 is 1.06 bits per heavy atom. The number of phenolic OH excluding ortho intramolecular Hbond substituents is 1. The van der Waals surface area contributed by atoms with Gasteiger partial charge in [0, 0.05) is 24.2 Å². The molecule has 7 heteroatoms. The van der Waals surface area contributed by atoms with Gasteiger partial charge in [0.15, 0.2) is 0 Å². The van der Waals surface area contributed by atoms with Crippen LogP contribution < -0.4 is 11.0 Å². The topological polar surface area (TPSA) is 98.3 Å². The van der Waals surface area contributed by atoms with Gasteiger partial charge in [-0.1, -0.05) is 26.0 Å². The molecule has 3 rings (SSSR count). The number of aromatic amines is 1. The second-order valence-corrected chi connectivity index (χ2v) is 7.35. The van der Waals surface area contributed by atoms with Gasteiger partial charge in [-0.3, -0.25) is 4.79 Å². The number of nitrogens with zero attached hydrogens (tertiary/aromatic N) is 2. The van der Waals surface area contributed by atoms with Crippen molar-refractivity contribution in [3.63, 3.8) is 0 Å². The number of likely N-dealkylation sites (N-methyl/N-ethyl adjacent to an activating group) is 1. The molecule has 0 aliphatic rings. The zero-order valence-corrected chi connectivity index (χ0v) is 18.1. The summed E-state index contributed by atoms with van der Waals surface area (Å²) in [7, 11) is 0. The second-order valence-electron chi connectivity index (χ2n) is 7.35. The molecular weight excluding hydrogens is 392 g/mol. The molecule has 0 spiro atoms. The highest BCUT2D eigenvalue weighted by Crippen LogP contribution is 2.26. The second kappa shape index (κ2) is 10.0. The Morgan fingerprint density at radius 2 is 1.74 bits per heavy atom. The van der Waals surface area contributed by atoms with Crippen molar-refractivity contribution in [3.8, 4) is 28.3 Å². The zero-order chi connectivity index (χ0) is 22.4. The summed E-state index contributed by atoms with van der Waals surface area (Å²) in [5.41, 5.74) is 3.44. The third-order valence-electron chi connectivity index (χ3n) is 5.30. The van der Waals surface area contributed by atoms with Crippen molar-refractivity contribution in [1.82, 2.24) is 20.2 Å². The zero-order valence-electron chi connectivity index (χ0n) is 18.1. The lowest BCUT2D eigenvalue weighted by Gasteiger charge is -2.17. The number of phenols is 1. The third kappa shape index (κ3) is 5.58. The molecule has 0 saturated heterocycles. The van der Waals surface area contributed by atoms with E-state index >= 15 is 0 Å². The fourth-order valence-electron chi connectivity index (χ4n) is 3.35. The van der Waals surface area contributed by atoms with Gasteiger partial charge < -0.3 is 20.3 Å². The van der Waals surface area contributed by atoms with E-state index in [0.717, 1.165) is 30.8 Å². The molecule has 0 unspecified atom stereocenters. The Bertz CT molecular complexity index is 1100. The van der Waals surface area contributed by atoms with Gasteiger partial charge >= 0.3 is 5.69 Å². The largest absolute Gasteiger partial charge is 0.508 e. The molecule has 162 valence electrons. The highest BCUT2D eigenvalue weighted by molar-refractivity contribution is 5.94. The summed E-state index contributed by atoms with van der Waals surface area (Å²) in [6.45, 7) is 9.31. The van der Waals surface area contributed by atoms with Crippen LogP contribution in [-0.4, -0.2) is 52.1 Å². The van der Waals surface area contributed by atoms with Crippen molar-refractivity contribution in [2.75, 3.05) is 26.2 Å². The number of aryl methyl sites for hydroxylation is 1. The molecule has 1 amide bonds. The molecule has 1 heterocycles. The van der Waals surface area contributed by atoms with Crippen molar-refractivity contribution >= 4 is 5.91 Å². The monoisotopic (exact) mass is 420 g/mol. The number of hydrogen-bond acceptors (Lipinski definition) is 5. The molecule has 0 radical (unpaired) electrons. The molecule has 0 fully saturated rings. The van der Waals surface area contributed by atoms with Crippen LogP contribution in [0.2, 0.25) is 0 Å². The minimum Gasteiger partial charge on any atom is -0.508 e. The smallest absolute Gasteiger partial charge is 0.345 e. The van der Waals surface area contributed by atoms with Gasteiger partial charge in [0.05, 0.1) is 11.4 Å². The molecule has 0 saturated carbocycles. The Kier molecular flexibility index (Phi) is 7.20. The van der Waals surface area contributed by atoms with Gasteiger partial charge in [0.2, 0.25) is 0 Å². The first-order valence-electron chi connectivity index (χ1n) is 10.4. The summed E-state index contributed by atoms with van der Waals surface area (Å²) >= 11 is 0. The first-order valence-corrected chi connectivity index (χ1v) is 10.4.